The molecule has 2 aromatic heterocycles. The second kappa shape index (κ2) is 12.6. The van der Waals surface area contributed by atoms with Crippen LogP contribution in [0.4, 0.5) is 17.1 Å². The fourth-order valence-corrected chi connectivity index (χ4v) is 8.45. The lowest BCUT2D eigenvalue weighted by molar-refractivity contribution is 0.669. The van der Waals surface area contributed by atoms with E-state index < -0.39 is 0 Å². The molecule has 11 aromatic rings. The minimum Gasteiger partial charge on any atom is -0.456 e. The lowest BCUT2D eigenvalue weighted by Crippen LogP contribution is -2.11. The first-order valence-electron chi connectivity index (χ1n) is 18.8. The Bertz CT molecular complexity index is 3150. The zero-order valence-corrected chi connectivity index (χ0v) is 29.9. The quantitative estimate of drug-likeness (QED) is 0.172. The van der Waals surface area contributed by atoms with Crippen molar-refractivity contribution in [3.63, 3.8) is 0 Å². The predicted octanol–water partition coefficient (Wildman–Crippen LogP) is 14.6. The summed E-state index contributed by atoms with van der Waals surface area (Å²) in [5.74, 6) is 0. The van der Waals surface area contributed by atoms with Gasteiger partial charge in [0.1, 0.15) is 11.2 Å². The molecule has 0 radical (unpaired) electrons. The van der Waals surface area contributed by atoms with E-state index in [1.807, 2.05) is 12.1 Å². The molecule has 0 amide bonds. The van der Waals surface area contributed by atoms with Crippen LogP contribution in [0.3, 0.4) is 0 Å². The van der Waals surface area contributed by atoms with Crippen molar-refractivity contribution in [2.24, 2.45) is 0 Å². The minimum absolute atomic E-state index is 0.885. The number of furan rings is 1. The van der Waals surface area contributed by atoms with Crippen LogP contribution in [0.25, 0.3) is 82.5 Å². The van der Waals surface area contributed by atoms with E-state index >= 15 is 0 Å². The Morgan fingerprint density at radius 2 is 0.945 bits per heavy atom. The first-order valence-corrected chi connectivity index (χ1v) is 18.8. The normalized spacial score (nSPS) is 11.6. The van der Waals surface area contributed by atoms with Crippen LogP contribution in [0.15, 0.2) is 211 Å². The number of hydrogen-bond acceptors (Lipinski definition) is 2. The molecule has 55 heavy (non-hydrogen) atoms. The Labute approximate surface area is 318 Å². The van der Waals surface area contributed by atoms with E-state index in [0.29, 0.717) is 0 Å². The number of anilines is 3. The molecule has 258 valence electrons. The molecule has 2 heterocycles. The van der Waals surface area contributed by atoms with Crippen LogP contribution < -0.4 is 4.90 Å². The molecular formula is C52H34N2O. The second-order valence-electron chi connectivity index (χ2n) is 14.1. The lowest BCUT2D eigenvalue weighted by Gasteiger charge is -2.28. The van der Waals surface area contributed by atoms with Crippen molar-refractivity contribution in [3.8, 4) is 27.9 Å². The van der Waals surface area contributed by atoms with Gasteiger partial charge in [-0.05, 0) is 100 Å². The maximum Gasteiger partial charge on any atom is 0.136 e. The van der Waals surface area contributed by atoms with Gasteiger partial charge in [-0.25, -0.2) is 0 Å². The monoisotopic (exact) mass is 702 g/mol. The first-order chi connectivity index (χ1) is 27.3. The van der Waals surface area contributed by atoms with E-state index in [0.717, 1.165) is 55.8 Å². The summed E-state index contributed by atoms with van der Waals surface area (Å²) in [5.41, 5.74) is 13.2. The average molecular weight is 703 g/mol. The Hall–Kier alpha value is -7.36. The first kappa shape index (κ1) is 31.2. The van der Waals surface area contributed by atoms with Crippen LogP contribution in [0, 0.1) is 0 Å². The molecule has 0 aliphatic heterocycles. The summed E-state index contributed by atoms with van der Waals surface area (Å²) in [5, 5.41) is 7.23. The number of para-hydroxylation sites is 4. The van der Waals surface area contributed by atoms with Crippen molar-refractivity contribution < 1.29 is 4.42 Å². The summed E-state index contributed by atoms with van der Waals surface area (Å²) in [6.07, 6.45) is 0. The zero-order chi connectivity index (χ0) is 36.3. The Morgan fingerprint density at radius 1 is 0.382 bits per heavy atom. The van der Waals surface area contributed by atoms with Crippen LogP contribution in [-0.2, 0) is 0 Å². The maximum absolute atomic E-state index is 6.36. The average Bonchev–Trinajstić information content (AvgIpc) is 3.81. The number of benzene rings is 9. The van der Waals surface area contributed by atoms with Crippen LogP contribution in [-0.4, -0.2) is 4.57 Å². The van der Waals surface area contributed by atoms with E-state index in [-0.39, 0.29) is 0 Å². The topological polar surface area (TPSA) is 21.3 Å². The van der Waals surface area contributed by atoms with E-state index in [4.69, 9.17) is 4.42 Å². The highest BCUT2D eigenvalue weighted by atomic mass is 16.3. The van der Waals surface area contributed by atoms with Gasteiger partial charge in [-0.1, -0.05) is 133 Å². The molecule has 0 saturated carbocycles. The van der Waals surface area contributed by atoms with Gasteiger partial charge >= 0.3 is 0 Å². The van der Waals surface area contributed by atoms with Gasteiger partial charge < -0.3 is 13.9 Å². The fraction of sp³-hybridized carbons (Fsp3) is 0. The van der Waals surface area contributed by atoms with Crippen molar-refractivity contribution in [2.45, 2.75) is 0 Å². The molecule has 0 aliphatic rings. The molecule has 0 bridgehead atoms. The summed E-state index contributed by atoms with van der Waals surface area (Å²) < 4.78 is 8.73. The summed E-state index contributed by atoms with van der Waals surface area (Å²) in [6, 6.07) is 74.0. The van der Waals surface area contributed by atoms with Crippen LogP contribution in [0.1, 0.15) is 0 Å². The third-order valence-electron chi connectivity index (χ3n) is 11.0. The van der Waals surface area contributed by atoms with E-state index in [1.54, 1.807) is 0 Å². The molecule has 3 heteroatoms. The second-order valence-corrected chi connectivity index (χ2v) is 14.1. The van der Waals surface area contributed by atoms with Gasteiger partial charge in [0, 0.05) is 44.2 Å². The Morgan fingerprint density at radius 3 is 1.71 bits per heavy atom. The van der Waals surface area contributed by atoms with Gasteiger partial charge in [-0.3, -0.25) is 0 Å². The van der Waals surface area contributed by atoms with Gasteiger partial charge in [-0.2, -0.15) is 0 Å². The summed E-state index contributed by atoms with van der Waals surface area (Å²) in [7, 11) is 0. The third kappa shape index (κ3) is 5.13. The zero-order valence-electron chi connectivity index (χ0n) is 29.9. The third-order valence-corrected chi connectivity index (χ3v) is 11.0. The van der Waals surface area contributed by atoms with Gasteiger partial charge in [0.05, 0.1) is 16.7 Å². The number of hydrogen-bond donors (Lipinski definition) is 0. The summed E-state index contributed by atoms with van der Waals surface area (Å²) >= 11 is 0. The summed E-state index contributed by atoms with van der Waals surface area (Å²) in [6.45, 7) is 0. The van der Waals surface area contributed by atoms with Crippen molar-refractivity contribution in [2.75, 3.05) is 4.90 Å². The largest absolute Gasteiger partial charge is 0.456 e. The van der Waals surface area contributed by atoms with E-state index in [1.165, 1.54) is 43.7 Å². The molecular weight excluding hydrogens is 669 g/mol. The van der Waals surface area contributed by atoms with Crippen molar-refractivity contribution in [1.29, 1.82) is 0 Å². The van der Waals surface area contributed by atoms with Crippen LogP contribution >= 0.6 is 0 Å². The predicted molar refractivity (Wildman–Crippen MR) is 231 cm³/mol. The van der Waals surface area contributed by atoms with E-state index in [2.05, 4.69) is 204 Å². The van der Waals surface area contributed by atoms with Crippen molar-refractivity contribution >= 4 is 71.6 Å². The molecule has 0 spiro atoms. The van der Waals surface area contributed by atoms with Crippen LogP contribution in [0.2, 0.25) is 0 Å². The number of rotatable bonds is 6. The highest BCUT2D eigenvalue weighted by Gasteiger charge is 2.21. The lowest BCUT2D eigenvalue weighted by atomic mass is 9.96. The molecule has 0 aliphatic carbocycles. The van der Waals surface area contributed by atoms with Gasteiger partial charge in [0.15, 0.2) is 0 Å². The molecule has 0 N–H and O–H groups in total. The minimum atomic E-state index is 0.885. The highest BCUT2D eigenvalue weighted by Crippen LogP contribution is 2.45. The molecule has 0 saturated heterocycles. The van der Waals surface area contributed by atoms with Crippen LogP contribution in [0.5, 0.6) is 0 Å². The van der Waals surface area contributed by atoms with Crippen molar-refractivity contribution in [1.82, 2.24) is 4.57 Å². The summed E-state index contributed by atoms with van der Waals surface area (Å²) in [4.78, 5) is 2.39. The fourth-order valence-electron chi connectivity index (χ4n) is 8.45. The smallest absolute Gasteiger partial charge is 0.136 e. The Balaban J connectivity index is 1.09. The standard InChI is InChI=1S/C52H34N2O/c1-2-13-37-34-38(25-24-35(37)12-1)36-26-28-39(29-27-36)53(40-30-32-41(33-31-40)54-48-20-8-3-14-42(48)43-15-4-9-21-49(43)54)47-19-7-5-16-44(47)45-18-11-23-51-52(45)46-17-6-10-22-50(46)55-51/h1-34H. The maximum atomic E-state index is 6.36. The van der Waals surface area contributed by atoms with Gasteiger partial charge in [0.25, 0.3) is 0 Å². The highest BCUT2D eigenvalue weighted by molar-refractivity contribution is 6.14. The number of fused-ring (bicyclic) bond motifs is 7. The molecule has 0 unspecified atom stereocenters. The number of aromatic nitrogens is 1. The van der Waals surface area contributed by atoms with Gasteiger partial charge in [-0.15, -0.1) is 0 Å². The molecule has 9 aromatic carbocycles. The van der Waals surface area contributed by atoms with Crippen molar-refractivity contribution in [3.05, 3.63) is 206 Å². The van der Waals surface area contributed by atoms with E-state index in [9.17, 15) is 0 Å². The number of nitrogens with zero attached hydrogens (tertiary/aromatic N) is 2. The Kier molecular flexibility index (Phi) is 7.17. The van der Waals surface area contributed by atoms with Gasteiger partial charge in [0.2, 0.25) is 0 Å². The molecule has 11 rings (SSSR count). The SMILES string of the molecule is c1ccc(N(c2ccc(-c3ccc4ccccc4c3)cc2)c2ccc(-n3c4ccccc4c4ccccc43)cc2)c(-c2cccc3oc4ccccc4c23)c1. The molecule has 3 nitrogen and oxygen atoms in total. The molecule has 0 fully saturated rings. The molecule has 0 atom stereocenters.